The van der Waals surface area contributed by atoms with E-state index in [0.717, 1.165) is 16.4 Å². The predicted molar refractivity (Wildman–Crippen MR) is 52.8 cm³/mol. The first-order valence-corrected chi connectivity index (χ1v) is 4.25. The number of fused-ring (bicyclic) bond motifs is 1. The van der Waals surface area contributed by atoms with E-state index >= 15 is 0 Å². The number of rotatable bonds is 0. The van der Waals surface area contributed by atoms with E-state index in [4.69, 9.17) is 17.0 Å². The first-order valence-electron chi connectivity index (χ1n) is 3.84. The number of hydrogen-bond donors (Lipinski definition) is 1. The Kier molecular flexibility index (Phi) is 1.73. The number of thiocarbonyl (C=S) groups is 1. The van der Waals surface area contributed by atoms with Crippen LogP contribution in [0.5, 0.6) is 5.75 Å². The molecule has 1 aromatic rings. The lowest BCUT2D eigenvalue weighted by Crippen LogP contribution is -2.32. The van der Waals surface area contributed by atoms with Gasteiger partial charge in [-0.1, -0.05) is 24.4 Å². The lowest BCUT2D eigenvalue weighted by Gasteiger charge is -2.25. The minimum atomic E-state index is -0.0186. The van der Waals surface area contributed by atoms with Crippen LogP contribution in [0.4, 0.5) is 5.69 Å². The van der Waals surface area contributed by atoms with Gasteiger partial charge in [0.25, 0.3) is 0 Å². The lowest BCUT2D eigenvalue weighted by atomic mass is 10.2. The molecule has 0 aliphatic carbocycles. The Morgan fingerprint density at radius 2 is 2.17 bits per heavy atom. The summed E-state index contributed by atoms with van der Waals surface area (Å²) in [4.78, 5) is 0.744. The van der Waals surface area contributed by atoms with Gasteiger partial charge in [0.15, 0.2) is 0 Å². The van der Waals surface area contributed by atoms with Crippen LogP contribution in [-0.2, 0) is 0 Å². The number of ether oxygens (including phenoxy) is 1. The quantitative estimate of drug-likeness (QED) is 0.617. The molecule has 0 aromatic heterocycles. The minimum Gasteiger partial charge on any atom is -0.481 e. The summed E-state index contributed by atoms with van der Waals surface area (Å²) < 4.78 is 5.54. The van der Waals surface area contributed by atoms with Crippen LogP contribution in [0.1, 0.15) is 6.92 Å². The van der Waals surface area contributed by atoms with E-state index in [1.165, 1.54) is 0 Å². The maximum Gasteiger partial charge on any atom is 0.146 e. The van der Waals surface area contributed by atoms with Gasteiger partial charge < -0.3 is 10.1 Å². The van der Waals surface area contributed by atoms with Crippen molar-refractivity contribution in [3.8, 4) is 5.75 Å². The normalized spacial score (nSPS) is 20.8. The van der Waals surface area contributed by atoms with Crippen molar-refractivity contribution in [2.24, 2.45) is 0 Å². The molecule has 1 aromatic carbocycles. The van der Waals surface area contributed by atoms with Gasteiger partial charge in [0.1, 0.15) is 16.8 Å². The first kappa shape index (κ1) is 7.55. The molecule has 1 heterocycles. The molecule has 12 heavy (non-hydrogen) atoms. The zero-order valence-electron chi connectivity index (χ0n) is 6.70. The van der Waals surface area contributed by atoms with E-state index in [0.29, 0.717) is 0 Å². The standard InChI is InChI=1S/C9H9NOS/c1-6-9(12)10-7-4-2-3-5-8(7)11-6/h2-6H,1H3,(H,10,12). The maximum atomic E-state index is 5.54. The van der Waals surface area contributed by atoms with Crippen molar-refractivity contribution >= 4 is 22.9 Å². The van der Waals surface area contributed by atoms with E-state index in [9.17, 15) is 0 Å². The third-order valence-corrected chi connectivity index (χ3v) is 2.25. The van der Waals surface area contributed by atoms with Crippen LogP contribution < -0.4 is 10.1 Å². The van der Waals surface area contributed by atoms with Crippen molar-refractivity contribution in [3.05, 3.63) is 24.3 Å². The van der Waals surface area contributed by atoms with Crippen LogP contribution in [0.2, 0.25) is 0 Å². The number of anilines is 1. The number of para-hydroxylation sites is 2. The van der Waals surface area contributed by atoms with Gasteiger partial charge in [-0.05, 0) is 19.1 Å². The largest absolute Gasteiger partial charge is 0.481 e. The molecule has 0 saturated heterocycles. The van der Waals surface area contributed by atoms with Crippen LogP contribution >= 0.6 is 12.2 Å². The molecule has 0 spiro atoms. The van der Waals surface area contributed by atoms with E-state index in [-0.39, 0.29) is 6.10 Å². The Morgan fingerprint density at radius 3 is 3.00 bits per heavy atom. The zero-order chi connectivity index (χ0) is 8.55. The monoisotopic (exact) mass is 179 g/mol. The molecule has 3 heteroatoms. The third kappa shape index (κ3) is 1.16. The average molecular weight is 179 g/mol. The Hall–Kier alpha value is -1.09. The second-order valence-electron chi connectivity index (χ2n) is 2.75. The second-order valence-corrected chi connectivity index (χ2v) is 3.19. The van der Waals surface area contributed by atoms with Crippen LogP contribution in [0.3, 0.4) is 0 Å². The summed E-state index contributed by atoms with van der Waals surface area (Å²) in [5.74, 6) is 0.874. The van der Waals surface area contributed by atoms with Crippen molar-refractivity contribution in [2.75, 3.05) is 5.32 Å². The molecular weight excluding hydrogens is 170 g/mol. The van der Waals surface area contributed by atoms with E-state index in [1.54, 1.807) is 0 Å². The van der Waals surface area contributed by atoms with E-state index in [2.05, 4.69) is 5.32 Å². The number of nitrogens with one attached hydrogen (secondary N) is 1. The molecule has 1 aliphatic heterocycles. The second kappa shape index (κ2) is 2.75. The Bertz CT molecular complexity index is 324. The molecule has 0 amide bonds. The molecule has 1 atom stereocenters. The number of hydrogen-bond acceptors (Lipinski definition) is 2. The van der Waals surface area contributed by atoms with Crippen LogP contribution in [0.15, 0.2) is 24.3 Å². The smallest absolute Gasteiger partial charge is 0.146 e. The lowest BCUT2D eigenvalue weighted by molar-refractivity contribution is 0.286. The van der Waals surface area contributed by atoms with Gasteiger partial charge in [0, 0.05) is 0 Å². The highest BCUT2D eigenvalue weighted by Crippen LogP contribution is 2.28. The highest BCUT2D eigenvalue weighted by atomic mass is 32.1. The SMILES string of the molecule is CC1Oc2ccccc2NC1=S. The summed E-state index contributed by atoms with van der Waals surface area (Å²) in [6, 6.07) is 7.78. The molecule has 0 saturated carbocycles. The molecule has 2 rings (SSSR count). The van der Waals surface area contributed by atoms with Gasteiger partial charge in [-0.15, -0.1) is 0 Å². The molecule has 0 fully saturated rings. The van der Waals surface area contributed by atoms with Gasteiger partial charge in [-0.3, -0.25) is 0 Å². The van der Waals surface area contributed by atoms with Crippen molar-refractivity contribution < 1.29 is 4.74 Å². The van der Waals surface area contributed by atoms with Gasteiger partial charge >= 0.3 is 0 Å². The van der Waals surface area contributed by atoms with Gasteiger partial charge in [-0.2, -0.15) is 0 Å². The molecule has 1 N–H and O–H groups in total. The predicted octanol–water partition coefficient (Wildman–Crippen LogP) is 2.21. The fourth-order valence-electron chi connectivity index (χ4n) is 1.15. The van der Waals surface area contributed by atoms with Gasteiger partial charge in [-0.25, -0.2) is 0 Å². The zero-order valence-corrected chi connectivity index (χ0v) is 7.52. The molecular formula is C9H9NOS. The molecule has 1 unspecified atom stereocenters. The summed E-state index contributed by atoms with van der Waals surface area (Å²) in [5, 5.41) is 3.12. The van der Waals surface area contributed by atoms with E-state index < -0.39 is 0 Å². The molecule has 1 aliphatic rings. The van der Waals surface area contributed by atoms with Crippen LogP contribution in [0.25, 0.3) is 0 Å². The number of benzene rings is 1. The maximum absolute atomic E-state index is 5.54. The van der Waals surface area contributed by atoms with Gasteiger partial charge in [0.2, 0.25) is 0 Å². The summed E-state index contributed by atoms with van der Waals surface area (Å²) in [5.41, 5.74) is 0.959. The summed E-state index contributed by atoms with van der Waals surface area (Å²) in [7, 11) is 0. The summed E-state index contributed by atoms with van der Waals surface area (Å²) >= 11 is 5.07. The molecule has 62 valence electrons. The Morgan fingerprint density at radius 1 is 1.42 bits per heavy atom. The fourth-order valence-corrected chi connectivity index (χ4v) is 1.31. The average Bonchev–Trinajstić information content (AvgIpc) is 2.07. The van der Waals surface area contributed by atoms with Gasteiger partial charge in [0.05, 0.1) is 5.69 Å². The molecule has 2 nitrogen and oxygen atoms in total. The minimum absolute atomic E-state index is 0.0186. The van der Waals surface area contributed by atoms with Crippen molar-refractivity contribution in [3.63, 3.8) is 0 Å². The topological polar surface area (TPSA) is 21.3 Å². The third-order valence-electron chi connectivity index (χ3n) is 1.82. The summed E-state index contributed by atoms with van der Waals surface area (Å²) in [6.45, 7) is 1.94. The summed E-state index contributed by atoms with van der Waals surface area (Å²) in [6.07, 6.45) is -0.0186. The molecule has 0 bridgehead atoms. The Balaban J connectivity index is 2.40. The van der Waals surface area contributed by atoms with Crippen molar-refractivity contribution in [1.82, 2.24) is 0 Å². The van der Waals surface area contributed by atoms with E-state index in [1.807, 2.05) is 31.2 Å². The fraction of sp³-hybridized carbons (Fsp3) is 0.222. The van der Waals surface area contributed by atoms with Crippen molar-refractivity contribution in [2.45, 2.75) is 13.0 Å². The first-order chi connectivity index (χ1) is 5.77. The Labute approximate surface area is 76.5 Å². The van der Waals surface area contributed by atoms with Crippen LogP contribution in [-0.4, -0.2) is 11.1 Å². The van der Waals surface area contributed by atoms with Crippen molar-refractivity contribution in [1.29, 1.82) is 0 Å². The highest BCUT2D eigenvalue weighted by molar-refractivity contribution is 7.80. The van der Waals surface area contributed by atoms with Crippen LogP contribution in [0, 0.1) is 0 Å². The molecule has 0 radical (unpaired) electrons. The highest BCUT2D eigenvalue weighted by Gasteiger charge is 2.18.